The maximum Gasteiger partial charge on any atom is 0.0991 e. The van der Waals surface area contributed by atoms with Crippen LogP contribution in [0, 0.1) is 11.3 Å². The first-order chi connectivity index (χ1) is 8.79. The van der Waals surface area contributed by atoms with Gasteiger partial charge in [-0.05, 0) is 35.4 Å². The average Bonchev–Trinajstić information content (AvgIpc) is 2.81. The minimum absolute atomic E-state index is 0.694. The highest BCUT2D eigenvalue weighted by atomic mass is 14.9. The van der Waals surface area contributed by atoms with Crippen LogP contribution < -0.4 is 0 Å². The normalized spacial score (nSPS) is 10.4. The third kappa shape index (κ3) is 1.57. The quantitative estimate of drug-likeness (QED) is 0.628. The third-order valence-corrected chi connectivity index (χ3v) is 3.25. The smallest absolute Gasteiger partial charge is 0.0991 e. The molecule has 0 spiro atoms. The molecule has 18 heavy (non-hydrogen) atoms. The van der Waals surface area contributed by atoms with Crippen LogP contribution >= 0.6 is 0 Å². The Morgan fingerprint density at radius 3 is 2.50 bits per heavy atom. The zero-order valence-corrected chi connectivity index (χ0v) is 10.1. The van der Waals surface area contributed by atoms with Crippen LogP contribution in [0.4, 0.5) is 0 Å². The number of nitriles is 1. The van der Waals surface area contributed by atoms with Crippen molar-refractivity contribution in [1.82, 2.24) is 4.57 Å². The van der Waals surface area contributed by atoms with Crippen molar-refractivity contribution in [3.63, 3.8) is 0 Å². The highest BCUT2D eigenvalue weighted by molar-refractivity contribution is 5.95. The van der Waals surface area contributed by atoms with Crippen LogP contribution in [0.1, 0.15) is 5.56 Å². The van der Waals surface area contributed by atoms with Crippen LogP contribution in [0.5, 0.6) is 0 Å². The predicted octanol–water partition coefficient (Wildman–Crippen LogP) is 3.72. The van der Waals surface area contributed by atoms with Crippen LogP contribution in [0.3, 0.4) is 0 Å². The second kappa shape index (κ2) is 4.05. The standard InChI is InChI=1S/C16H12N2/c1-18-10-9-15-14(3-2-4-16(15)18)13-7-5-12(11-17)6-8-13/h2-10H,1H3. The molecule has 0 aliphatic carbocycles. The lowest BCUT2D eigenvalue weighted by atomic mass is 10.0. The fourth-order valence-electron chi connectivity index (χ4n) is 2.28. The van der Waals surface area contributed by atoms with Crippen LogP contribution in [-0.4, -0.2) is 4.57 Å². The average molecular weight is 232 g/mol. The van der Waals surface area contributed by atoms with Crippen molar-refractivity contribution in [3.8, 4) is 17.2 Å². The maximum atomic E-state index is 8.82. The Hall–Kier alpha value is -2.53. The van der Waals surface area contributed by atoms with E-state index >= 15 is 0 Å². The summed E-state index contributed by atoms with van der Waals surface area (Å²) >= 11 is 0. The summed E-state index contributed by atoms with van der Waals surface area (Å²) in [5.74, 6) is 0. The Kier molecular flexibility index (Phi) is 2.39. The Morgan fingerprint density at radius 1 is 1.00 bits per heavy atom. The van der Waals surface area contributed by atoms with E-state index in [0.29, 0.717) is 5.56 Å². The first kappa shape index (κ1) is 10.6. The van der Waals surface area contributed by atoms with E-state index in [-0.39, 0.29) is 0 Å². The lowest BCUT2D eigenvalue weighted by Gasteiger charge is -2.04. The van der Waals surface area contributed by atoms with Gasteiger partial charge in [0, 0.05) is 24.1 Å². The van der Waals surface area contributed by atoms with Crippen molar-refractivity contribution in [3.05, 3.63) is 60.3 Å². The van der Waals surface area contributed by atoms with Gasteiger partial charge in [0.25, 0.3) is 0 Å². The van der Waals surface area contributed by atoms with E-state index in [9.17, 15) is 0 Å². The fourth-order valence-corrected chi connectivity index (χ4v) is 2.28. The molecule has 0 saturated carbocycles. The fraction of sp³-hybridized carbons (Fsp3) is 0.0625. The third-order valence-electron chi connectivity index (χ3n) is 3.25. The minimum atomic E-state index is 0.694. The molecule has 1 aromatic heterocycles. The van der Waals surface area contributed by atoms with Crippen molar-refractivity contribution in [2.24, 2.45) is 7.05 Å². The molecule has 0 aliphatic heterocycles. The van der Waals surface area contributed by atoms with Gasteiger partial charge in [-0.25, -0.2) is 0 Å². The van der Waals surface area contributed by atoms with Gasteiger partial charge in [-0.1, -0.05) is 24.3 Å². The summed E-state index contributed by atoms with van der Waals surface area (Å²) in [6.45, 7) is 0. The molecule has 86 valence electrons. The van der Waals surface area contributed by atoms with E-state index in [0.717, 1.165) is 5.56 Å². The lowest BCUT2D eigenvalue weighted by Crippen LogP contribution is -1.85. The Bertz CT molecular complexity index is 743. The van der Waals surface area contributed by atoms with Gasteiger partial charge in [0.05, 0.1) is 11.6 Å². The summed E-state index contributed by atoms with van der Waals surface area (Å²) in [6.07, 6.45) is 2.07. The highest BCUT2D eigenvalue weighted by Crippen LogP contribution is 2.29. The Labute approximate surface area is 106 Å². The topological polar surface area (TPSA) is 28.7 Å². The van der Waals surface area contributed by atoms with Crippen molar-refractivity contribution in [2.45, 2.75) is 0 Å². The molecule has 0 radical (unpaired) electrons. The molecule has 0 atom stereocenters. The molecule has 0 aliphatic rings. The number of rotatable bonds is 1. The Balaban J connectivity index is 2.22. The molecular weight excluding hydrogens is 220 g/mol. The van der Waals surface area contributed by atoms with Crippen LogP contribution in [-0.2, 0) is 7.05 Å². The highest BCUT2D eigenvalue weighted by Gasteiger charge is 2.05. The molecule has 0 amide bonds. The summed E-state index contributed by atoms with van der Waals surface area (Å²) in [5, 5.41) is 10.1. The largest absolute Gasteiger partial charge is 0.351 e. The second-order valence-corrected chi connectivity index (χ2v) is 4.35. The van der Waals surface area contributed by atoms with Crippen molar-refractivity contribution < 1.29 is 0 Å². The number of aryl methyl sites for hydroxylation is 1. The van der Waals surface area contributed by atoms with Gasteiger partial charge in [0.1, 0.15) is 0 Å². The van der Waals surface area contributed by atoms with Crippen LogP contribution in [0.15, 0.2) is 54.7 Å². The Morgan fingerprint density at radius 2 is 1.78 bits per heavy atom. The van der Waals surface area contributed by atoms with Gasteiger partial charge in [0.2, 0.25) is 0 Å². The number of nitrogens with zero attached hydrogens (tertiary/aromatic N) is 2. The van der Waals surface area contributed by atoms with E-state index in [1.807, 2.05) is 31.3 Å². The van der Waals surface area contributed by atoms with Crippen LogP contribution in [0.2, 0.25) is 0 Å². The zero-order chi connectivity index (χ0) is 12.5. The molecule has 2 nitrogen and oxygen atoms in total. The van der Waals surface area contributed by atoms with E-state index in [4.69, 9.17) is 5.26 Å². The lowest BCUT2D eigenvalue weighted by molar-refractivity contribution is 0.969. The van der Waals surface area contributed by atoms with E-state index in [2.05, 4.69) is 41.1 Å². The van der Waals surface area contributed by atoms with Crippen molar-refractivity contribution in [2.75, 3.05) is 0 Å². The van der Waals surface area contributed by atoms with Gasteiger partial charge in [0.15, 0.2) is 0 Å². The van der Waals surface area contributed by atoms with E-state index < -0.39 is 0 Å². The molecule has 0 unspecified atom stereocenters. The van der Waals surface area contributed by atoms with Gasteiger partial charge < -0.3 is 4.57 Å². The minimum Gasteiger partial charge on any atom is -0.351 e. The summed E-state index contributed by atoms with van der Waals surface area (Å²) in [6, 6.07) is 18.3. The van der Waals surface area contributed by atoms with Crippen molar-refractivity contribution >= 4 is 10.9 Å². The SMILES string of the molecule is Cn1ccc2c(-c3ccc(C#N)cc3)cccc21. The van der Waals surface area contributed by atoms with Gasteiger partial charge in [-0.3, -0.25) is 0 Å². The first-order valence-electron chi connectivity index (χ1n) is 5.84. The molecule has 2 aromatic carbocycles. The summed E-state index contributed by atoms with van der Waals surface area (Å²) < 4.78 is 2.11. The van der Waals surface area contributed by atoms with E-state index in [1.54, 1.807) is 0 Å². The zero-order valence-electron chi connectivity index (χ0n) is 10.1. The molecule has 3 rings (SSSR count). The number of hydrogen-bond acceptors (Lipinski definition) is 1. The molecule has 0 fully saturated rings. The molecule has 0 saturated heterocycles. The monoisotopic (exact) mass is 232 g/mol. The number of benzene rings is 2. The van der Waals surface area contributed by atoms with E-state index in [1.165, 1.54) is 16.5 Å². The predicted molar refractivity (Wildman–Crippen MR) is 73.1 cm³/mol. The van der Waals surface area contributed by atoms with Gasteiger partial charge in [-0.15, -0.1) is 0 Å². The second-order valence-electron chi connectivity index (χ2n) is 4.35. The van der Waals surface area contributed by atoms with Gasteiger partial charge >= 0.3 is 0 Å². The maximum absolute atomic E-state index is 8.82. The number of fused-ring (bicyclic) bond motifs is 1. The molecule has 0 bridgehead atoms. The van der Waals surface area contributed by atoms with Gasteiger partial charge in [-0.2, -0.15) is 5.26 Å². The molecule has 1 heterocycles. The molecule has 0 N–H and O–H groups in total. The van der Waals surface area contributed by atoms with Crippen molar-refractivity contribution in [1.29, 1.82) is 5.26 Å². The first-order valence-corrected chi connectivity index (χ1v) is 5.84. The molecule has 2 heteroatoms. The molecular formula is C16H12N2. The summed E-state index contributed by atoms with van der Waals surface area (Å²) in [5.41, 5.74) is 4.26. The molecule has 3 aromatic rings. The van der Waals surface area contributed by atoms with Crippen LogP contribution in [0.25, 0.3) is 22.0 Å². The summed E-state index contributed by atoms with van der Waals surface area (Å²) in [7, 11) is 2.05. The summed E-state index contributed by atoms with van der Waals surface area (Å²) in [4.78, 5) is 0. The number of aromatic nitrogens is 1. The number of hydrogen-bond donors (Lipinski definition) is 0.